The molecule has 0 aromatic carbocycles. The van der Waals surface area contributed by atoms with Crippen LogP contribution in [-0.4, -0.2) is 47.5 Å². The normalized spacial score (nSPS) is 29.9. The molecule has 1 aliphatic carbocycles. The third-order valence-electron chi connectivity index (χ3n) is 4.78. The minimum Gasteiger partial charge on any atom is -0.493 e. The van der Waals surface area contributed by atoms with E-state index < -0.39 is 5.60 Å². The molecule has 1 saturated carbocycles. The van der Waals surface area contributed by atoms with Crippen LogP contribution in [0.3, 0.4) is 0 Å². The van der Waals surface area contributed by atoms with Gasteiger partial charge in [-0.1, -0.05) is 13.8 Å². The Hall–Kier alpha value is -1.07. The lowest BCUT2D eigenvalue weighted by Gasteiger charge is -2.41. The maximum Gasteiger partial charge on any atom is 0.162 e. The fourth-order valence-corrected chi connectivity index (χ4v) is 3.40. The highest BCUT2D eigenvalue weighted by atomic mass is 16.5. The van der Waals surface area contributed by atoms with Gasteiger partial charge in [-0.2, -0.15) is 5.10 Å². The number of aliphatic hydroxyl groups is 1. The van der Waals surface area contributed by atoms with Crippen LogP contribution in [0, 0.1) is 11.8 Å². The summed E-state index contributed by atoms with van der Waals surface area (Å²) < 4.78 is 7.39. The Bertz CT molecular complexity index is 472. The van der Waals surface area contributed by atoms with Gasteiger partial charge in [-0.25, -0.2) is 0 Å². The quantitative estimate of drug-likeness (QED) is 0.904. The van der Waals surface area contributed by atoms with E-state index in [1.54, 1.807) is 13.3 Å². The number of hydrogen-bond acceptors (Lipinski definition) is 4. The average Bonchev–Trinajstić information content (AvgIpc) is 2.84. The largest absolute Gasteiger partial charge is 0.493 e. The Morgan fingerprint density at radius 1 is 1.48 bits per heavy atom. The van der Waals surface area contributed by atoms with E-state index in [0.717, 1.165) is 38.0 Å². The Balaban J connectivity index is 2.33. The fourth-order valence-electron chi connectivity index (χ4n) is 3.40. The molecule has 5 nitrogen and oxygen atoms in total. The van der Waals surface area contributed by atoms with Crippen molar-refractivity contribution in [2.45, 2.75) is 45.3 Å². The number of nitrogens with zero attached hydrogens (tertiary/aromatic N) is 3. The molecular formula is C16H29N3O2. The fraction of sp³-hybridized carbons (Fsp3) is 0.812. The molecule has 3 unspecified atom stereocenters. The van der Waals surface area contributed by atoms with E-state index in [1.807, 2.05) is 18.8 Å². The van der Waals surface area contributed by atoms with Crippen LogP contribution >= 0.6 is 0 Å². The van der Waals surface area contributed by atoms with Crippen LogP contribution in [0.1, 0.15) is 38.8 Å². The van der Waals surface area contributed by atoms with E-state index >= 15 is 0 Å². The second-order valence-corrected chi connectivity index (χ2v) is 6.79. The lowest BCUT2D eigenvalue weighted by Crippen LogP contribution is -2.41. The summed E-state index contributed by atoms with van der Waals surface area (Å²) in [4.78, 5) is 2.12. The standard InChI is InChI=1S/C16H29N3O2/c1-12-6-7-16(20,13(2)10-12)15-14(21-5)11-17-19(15)9-8-18(3)4/h11-13,20H,6-10H2,1-5H3. The summed E-state index contributed by atoms with van der Waals surface area (Å²) in [7, 11) is 5.73. The molecule has 3 atom stereocenters. The molecule has 0 aliphatic heterocycles. The Morgan fingerprint density at radius 3 is 2.76 bits per heavy atom. The van der Waals surface area contributed by atoms with Crippen LogP contribution in [0.25, 0.3) is 0 Å². The number of ether oxygens (including phenoxy) is 1. The molecule has 0 spiro atoms. The van der Waals surface area contributed by atoms with Gasteiger partial charge in [0.1, 0.15) is 11.3 Å². The van der Waals surface area contributed by atoms with E-state index in [1.165, 1.54) is 0 Å². The molecule has 1 aromatic rings. The molecule has 1 aromatic heterocycles. The van der Waals surface area contributed by atoms with Gasteiger partial charge in [-0.3, -0.25) is 4.68 Å². The van der Waals surface area contributed by atoms with Crippen molar-refractivity contribution in [3.63, 3.8) is 0 Å². The molecule has 120 valence electrons. The number of likely N-dealkylation sites (N-methyl/N-ethyl adjacent to an activating group) is 1. The molecule has 5 heteroatoms. The van der Waals surface area contributed by atoms with E-state index in [-0.39, 0.29) is 5.92 Å². The van der Waals surface area contributed by atoms with Gasteiger partial charge in [-0.15, -0.1) is 0 Å². The zero-order chi connectivity index (χ0) is 15.6. The molecule has 2 rings (SSSR count). The van der Waals surface area contributed by atoms with Crippen molar-refractivity contribution in [1.82, 2.24) is 14.7 Å². The molecule has 0 radical (unpaired) electrons. The van der Waals surface area contributed by atoms with Crippen molar-refractivity contribution < 1.29 is 9.84 Å². The van der Waals surface area contributed by atoms with Crippen LogP contribution in [0.5, 0.6) is 5.75 Å². The zero-order valence-electron chi connectivity index (χ0n) is 14.0. The topological polar surface area (TPSA) is 50.5 Å². The number of hydrogen-bond donors (Lipinski definition) is 1. The van der Waals surface area contributed by atoms with Gasteiger partial charge in [0.05, 0.1) is 19.9 Å². The predicted molar refractivity (Wildman–Crippen MR) is 83.4 cm³/mol. The van der Waals surface area contributed by atoms with Crippen LogP contribution in [0.4, 0.5) is 0 Å². The highest BCUT2D eigenvalue weighted by molar-refractivity contribution is 5.32. The van der Waals surface area contributed by atoms with Gasteiger partial charge >= 0.3 is 0 Å². The summed E-state index contributed by atoms with van der Waals surface area (Å²) in [6.07, 6.45) is 4.59. The minimum atomic E-state index is -0.833. The second kappa shape index (κ2) is 6.36. The third-order valence-corrected chi connectivity index (χ3v) is 4.78. The van der Waals surface area contributed by atoms with Crippen molar-refractivity contribution in [1.29, 1.82) is 0 Å². The number of aromatic nitrogens is 2. The second-order valence-electron chi connectivity index (χ2n) is 6.79. The summed E-state index contributed by atoms with van der Waals surface area (Å²) in [5, 5.41) is 15.8. The molecule has 1 fully saturated rings. The van der Waals surface area contributed by atoms with Crippen LogP contribution in [0.2, 0.25) is 0 Å². The van der Waals surface area contributed by atoms with Crippen LogP contribution < -0.4 is 4.74 Å². The van der Waals surface area contributed by atoms with E-state index in [9.17, 15) is 5.11 Å². The summed E-state index contributed by atoms with van der Waals surface area (Å²) in [5.74, 6) is 1.59. The Labute approximate surface area is 127 Å². The van der Waals surface area contributed by atoms with Crippen molar-refractivity contribution >= 4 is 0 Å². The number of methoxy groups -OCH3 is 1. The van der Waals surface area contributed by atoms with Gasteiger partial charge in [0.25, 0.3) is 0 Å². The molecule has 0 bridgehead atoms. The smallest absolute Gasteiger partial charge is 0.162 e. The SMILES string of the molecule is COc1cnn(CCN(C)C)c1C1(O)CCC(C)CC1C. The first kappa shape index (κ1) is 16.3. The maximum atomic E-state index is 11.3. The van der Waals surface area contributed by atoms with E-state index in [4.69, 9.17) is 4.74 Å². The molecule has 1 heterocycles. The van der Waals surface area contributed by atoms with Crippen LogP contribution in [-0.2, 0) is 12.1 Å². The zero-order valence-corrected chi connectivity index (χ0v) is 14.0. The molecule has 21 heavy (non-hydrogen) atoms. The van der Waals surface area contributed by atoms with E-state index in [0.29, 0.717) is 11.7 Å². The van der Waals surface area contributed by atoms with Gasteiger partial charge in [0.15, 0.2) is 5.75 Å². The summed E-state index contributed by atoms with van der Waals surface area (Å²) in [6.45, 7) is 6.05. The first-order chi connectivity index (χ1) is 9.88. The molecule has 0 amide bonds. The first-order valence-corrected chi connectivity index (χ1v) is 7.86. The predicted octanol–water partition coefficient (Wildman–Crippen LogP) is 2.10. The van der Waals surface area contributed by atoms with Crippen molar-refractivity contribution in [3.05, 3.63) is 11.9 Å². The van der Waals surface area contributed by atoms with Crippen molar-refractivity contribution in [2.75, 3.05) is 27.7 Å². The summed E-state index contributed by atoms with van der Waals surface area (Å²) in [6, 6.07) is 0. The minimum absolute atomic E-state index is 0.213. The summed E-state index contributed by atoms with van der Waals surface area (Å²) in [5.41, 5.74) is 0.0203. The lowest BCUT2D eigenvalue weighted by molar-refractivity contribution is -0.0670. The van der Waals surface area contributed by atoms with Crippen molar-refractivity contribution in [3.8, 4) is 5.75 Å². The van der Waals surface area contributed by atoms with E-state index in [2.05, 4.69) is 23.8 Å². The van der Waals surface area contributed by atoms with Gasteiger partial charge < -0.3 is 14.7 Å². The Kier molecular flexibility index (Phi) is 4.94. The van der Waals surface area contributed by atoms with Crippen LogP contribution in [0.15, 0.2) is 6.20 Å². The highest BCUT2D eigenvalue weighted by Crippen LogP contribution is 2.46. The molecule has 0 saturated heterocycles. The first-order valence-electron chi connectivity index (χ1n) is 7.86. The lowest BCUT2D eigenvalue weighted by atomic mass is 9.70. The monoisotopic (exact) mass is 295 g/mol. The van der Waals surface area contributed by atoms with Crippen molar-refractivity contribution in [2.24, 2.45) is 11.8 Å². The molecular weight excluding hydrogens is 266 g/mol. The van der Waals surface area contributed by atoms with Gasteiger partial charge in [-0.05, 0) is 45.2 Å². The van der Waals surface area contributed by atoms with Gasteiger partial charge in [0, 0.05) is 6.54 Å². The highest BCUT2D eigenvalue weighted by Gasteiger charge is 2.44. The Morgan fingerprint density at radius 2 is 2.19 bits per heavy atom. The van der Waals surface area contributed by atoms with Gasteiger partial charge in [0.2, 0.25) is 0 Å². The molecule has 1 N–H and O–H groups in total. The number of rotatable bonds is 5. The average molecular weight is 295 g/mol. The third kappa shape index (κ3) is 3.24. The maximum absolute atomic E-state index is 11.3. The molecule has 1 aliphatic rings. The summed E-state index contributed by atoms with van der Waals surface area (Å²) >= 11 is 0.